The Bertz CT molecular complexity index is 230. The third kappa shape index (κ3) is 5.07. The first-order valence-corrected chi connectivity index (χ1v) is 7.18. The Hall–Kier alpha value is -0.570. The molecule has 1 rings (SSSR count). The van der Waals surface area contributed by atoms with Gasteiger partial charge in [0.2, 0.25) is 5.91 Å². The normalized spacial score (nSPS) is 22.2. The van der Waals surface area contributed by atoms with Crippen molar-refractivity contribution in [2.45, 2.75) is 58.9 Å². The average molecular weight is 240 g/mol. The Balaban J connectivity index is 2.21. The first kappa shape index (κ1) is 14.5. The molecule has 1 N–H and O–H groups in total. The summed E-state index contributed by atoms with van der Waals surface area (Å²) < 4.78 is 0. The minimum Gasteiger partial charge on any atom is -0.342 e. The quantitative estimate of drug-likeness (QED) is 0.706. The van der Waals surface area contributed by atoms with E-state index in [9.17, 15) is 4.79 Å². The Labute approximate surface area is 106 Å². The Morgan fingerprint density at radius 1 is 1.41 bits per heavy atom. The molecule has 3 heteroatoms. The van der Waals surface area contributed by atoms with Crippen LogP contribution in [0, 0.1) is 5.92 Å². The second-order valence-electron chi connectivity index (χ2n) is 5.34. The summed E-state index contributed by atoms with van der Waals surface area (Å²) in [6.45, 7) is 9.58. The molecule has 100 valence electrons. The summed E-state index contributed by atoms with van der Waals surface area (Å²) in [5.41, 5.74) is 0. The molecule has 0 aliphatic carbocycles. The summed E-state index contributed by atoms with van der Waals surface area (Å²) in [6, 6.07) is 0.521. The highest BCUT2D eigenvalue weighted by Gasteiger charge is 2.28. The van der Waals surface area contributed by atoms with Crippen LogP contribution in [0.5, 0.6) is 0 Å². The van der Waals surface area contributed by atoms with Crippen molar-refractivity contribution in [1.82, 2.24) is 10.2 Å². The molecule has 17 heavy (non-hydrogen) atoms. The Kier molecular flexibility index (Phi) is 6.56. The molecule has 0 saturated carbocycles. The molecule has 1 saturated heterocycles. The highest BCUT2D eigenvalue weighted by molar-refractivity contribution is 5.78. The molecule has 0 radical (unpaired) electrons. The second kappa shape index (κ2) is 7.70. The Morgan fingerprint density at radius 2 is 2.18 bits per heavy atom. The third-order valence-electron chi connectivity index (χ3n) is 3.57. The average Bonchev–Trinajstić information content (AvgIpc) is 2.65. The van der Waals surface area contributed by atoms with Gasteiger partial charge < -0.3 is 10.2 Å². The molecule has 1 aliphatic heterocycles. The van der Waals surface area contributed by atoms with Gasteiger partial charge in [0.15, 0.2) is 0 Å². The zero-order valence-electron chi connectivity index (χ0n) is 11.7. The fraction of sp³-hybridized carbons (Fsp3) is 0.929. The third-order valence-corrected chi connectivity index (χ3v) is 3.57. The molecule has 2 atom stereocenters. The molecule has 0 bridgehead atoms. The molecular formula is C14H28N2O. The lowest BCUT2D eigenvalue weighted by Gasteiger charge is -2.20. The van der Waals surface area contributed by atoms with Gasteiger partial charge in [0, 0.05) is 25.6 Å². The summed E-state index contributed by atoms with van der Waals surface area (Å²) in [7, 11) is 0. The van der Waals surface area contributed by atoms with Crippen molar-refractivity contribution in [3.63, 3.8) is 0 Å². The van der Waals surface area contributed by atoms with Gasteiger partial charge in [-0.15, -0.1) is 0 Å². The van der Waals surface area contributed by atoms with Gasteiger partial charge >= 0.3 is 0 Å². The van der Waals surface area contributed by atoms with E-state index in [0.29, 0.717) is 17.9 Å². The molecule has 0 aromatic rings. The van der Waals surface area contributed by atoms with E-state index in [-0.39, 0.29) is 0 Å². The summed E-state index contributed by atoms with van der Waals surface area (Å²) in [6.07, 6.45) is 5.42. The minimum atomic E-state index is 0.367. The minimum absolute atomic E-state index is 0.367. The first-order valence-electron chi connectivity index (χ1n) is 7.18. The van der Waals surface area contributed by atoms with Crippen molar-refractivity contribution < 1.29 is 4.79 Å². The van der Waals surface area contributed by atoms with Gasteiger partial charge in [-0.25, -0.2) is 0 Å². The molecule has 0 aromatic heterocycles. The number of carbonyl (C=O) groups excluding carboxylic acids is 1. The molecular weight excluding hydrogens is 212 g/mol. The molecule has 1 fully saturated rings. The van der Waals surface area contributed by atoms with E-state index in [1.54, 1.807) is 0 Å². The van der Waals surface area contributed by atoms with Crippen LogP contribution in [0.25, 0.3) is 0 Å². The van der Waals surface area contributed by atoms with Gasteiger partial charge in [0.1, 0.15) is 0 Å². The van der Waals surface area contributed by atoms with Crippen LogP contribution in [0.4, 0.5) is 0 Å². The van der Waals surface area contributed by atoms with E-state index < -0.39 is 0 Å². The lowest BCUT2D eigenvalue weighted by molar-refractivity contribution is -0.127. The zero-order valence-corrected chi connectivity index (χ0v) is 11.7. The van der Waals surface area contributed by atoms with Gasteiger partial charge in [-0.05, 0) is 38.6 Å². The number of likely N-dealkylation sites (tertiary alicyclic amines) is 1. The van der Waals surface area contributed by atoms with E-state index in [0.717, 1.165) is 32.5 Å². The van der Waals surface area contributed by atoms with Gasteiger partial charge in [0.05, 0.1) is 0 Å². The highest BCUT2D eigenvalue weighted by atomic mass is 16.2. The van der Waals surface area contributed by atoms with Crippen LogP contribution >= 0.6 is 0 Å². The number of carbonyl (C=O) groups is 1. The standard InChI is InChI=1S/C14H28N2O/c1-4-6-13-10-14(17)16(11-13)9-7-12(3)15-8-5-2/h12-13,15H,4-11H2,1-3H3. The van der Waals surface area contributed by atoms with Crippen molar-refractivity contribution in [2.75, 3.05) is 19.6 Å². The predicted octanol–water partition coefficient (Wildman–Crippen LogP) is 2.41. The lowest BCUT2D eigenvalue weighted by atomic mass is 10.0. The van der Waals surface area contributed by atoms with Gasteiger partial charge in [-0.2, -0.15) is 0 Å². The molecule has 0 aromatic carbocycles. The van der Waals surface area contributed by atoms with Crippen molar-refractivity contribution in [1.29, 1.82) is 0 Å². The van der Waals surface area contributed by atoms with Gasteiger partial charge in [-0.3, -0.25) is 4.79 Å². The SMILES string of the molecule is CCCNC(C)CCN1CC(CCC)CC1=O. The first-order chi connectivity index (χ1) is 8.17. The maximum atomic E-state index is 11.8. The molecule has 1 aliphatic rings. The van der Waals surface area contributed by atoms with Gasteiger partial charge in [0.25, 0.3) is 0 Å². The molecule has 2 unspecified atom stereocenters. The lowest BCUT2D eigenvalue weighted by Crippen LogP contribution is -2.33. The Morgan fingerprint density at radius 3 is 2.82 bits per heavy atom. The summed E-state index contributed by atoms with van der Waals surface area (Å²) >= 11 is 0. The predicted molar refractivity (Wildman–Crippen MR) is 72.0 cm³/mol. The van der Waals surface area contributed by atoms with Crippen LogP contribution < -0.4 is 5.32 Å². The van der Waals surface area contributed by atoms with Gasteiger partial charge in [-0.1, -0.05) is 20.3 Å². The number of nitrogens with one attached hydrogen (secondary N) is 1. The topological polar surface area (TPSA) is 32.3 Å². The van der Waals surface area contributed by atoms with Crippen molar-refractivity contribution in [3.8, 4) is 0 Å². The van der Waals surface area contributed by atoms with E-state index in [2.05, 4.69) is 31.0 Å². The molecule has 0 spiro atoms. The number of amides is 1. The van der Waals surface area contributed by atoms with Crippen LogP contribution in [0.15, 0.2) is 0 Å². The van der Waals surface area contributed by atoms with Crippen LogP contribution in [0.1, 0.15) is 52.9 Å². The fourth-order valence-corrected chi connectivity index (χ4v) is 2.51. The number of nitrogens with zero attached hydrogens (tertiary/aromatic N) is 1. The summed E-state index contributed by atoms with van der Waals surface area (Å²) in [5, 5.41) is 3.47. The van der Waals surface area contributed by atoms with E-state index >= 15 is 0 Å². The fourth-order valence-electron chi connectivity index (χ4n) is 2.51. The van der Waals surface area contributed by atoms with Crippen molar-refractivity contribution >= 4 is 5.91 Å². The van der Waals surface area contributed by atoms with E-state index in [1.165, 1.54) is 19.3 Å². The van der Waals surface area contributed by atoms with E-state index in [1.807, 2.05) is 0 Å². The van der Waals surface area contributed by atoms with Crippen LogP contribution in [0.2, 0.25) is 0 Å². The maximum absolute atomic E-state index is 11.8. The van der Waals surface area contributed by atoms with Crippen LogP contribution in [-0.4, -0.2) is 36.5 Å². The monoisotopic (exact) mass is 240 g/mol. The van der Waals surface area contributed by atoms with E-state index in [4.69, 9.17) is 0 Å². The number of hydrogen-bond donors (Lipinski definition) is 1. The number of hydrogen-bond acceptors (Lipinski definition) is 2. The van der Waals surface area contributed by atoms with Crippen molar-refractivity contribution in [3.05, 3.63) is 0 Å². The summed E-state index contributed by atoms with van der Waals surface area (Å²) in [5.74, 6) is 0.984. The highest BCUT2D eigenvalue weighted by Crippen LogP contribution is 2.22. The van der Waals surface area contributed by atoms with Crippen molar-refractivity contribution in [2.24, 2.45) is 5.92 Å². The molecule has 3 nitrogen and oxygen atoms in total. The summed E-state index contributed by atoms with van der Waals surface area (Å²) in [4.78, 5) is 13.9. The second-order valence-corrected chi connectivity index (χ2v) is 5.34. The molecule has 1 amide bonds. The number of rotatable bonds is 8. The maximum Gasteiger partial charge on any atom is 0.222 e. The largest absolute Gasteiger partial charge is 0.342 e. The van der Waals surface area contributed by atoms with Crippen LogP contribution in [0.3, 0.4) is 0 Å². The molecule has 1 heterocycles. The zero-order chi connectivity index (χ0) is 12.7. The van der Waals surface area contributed by atoms with Crippen LogP contribution in [-0.2, 0) is 4.79 Å². The smallest absolute Gasteiger partial charge is 0.222 e.